The lowest BCUT2D eigenvalue weighted by atomic mass is 9.89. The van der Waals surface area contributed by atoms with Gasteiger partial charge >= 0.3 is 5.97 Å². The largest absolute Gasteiger partial charge is 0.478 e. The third kappa shape index (κ3) is 5.02. The Kier molecular flexibility index (Phi) is 6.21. The average Bonchev–Trinajstić information content (AvgIpc) is 2.67. The molecule has 3 rings (SSSR count). The maximum Gasteiger partial charge on any atom is 0.337 e. The molecule has 28 heavy (non-hydrogen) atoms. The number of hydrogen-bond donors (Lipinski definition) is 3. The molecule has 0 spiro atoms. The molecule has 150 valence electrons. The summed E-state index contributed by atoms with van der Waals surface area (Å²) in [4.78, 5) is 11.3. The van der Waals surface area contributed by atoms with Gasteiger partial charge in [0.2, 0.25) is 10.0 Å². The molecule has 2 aromatic carbocycles. The van der Waals surface area contributed by atoms with Crippen molar-refractivity contribution in [1.82, 2.24) is 0 Å². The van der Waals surface area contributed by atoms with Crippen molar-refractivity contribution in [3.63, 3.8) is 0 Å². The minimum absolute atomic E-state index is 0.00940. The number of carboxylic acids is 1. The highest BCUT2D eigenvalue weighted by Gasteiger charge is 2.23. The summed E-state index contributed by atoms with van der Waals surface area (Å²) >= 11 is 0. The van der Waals surface area contributed by atoms with Crippen molar-refractivity contribution >= 4 is 21.7 Å². The van der Waals surface area contributed by atoms with Crippen LogP contribution in [0.4, 0.5) is 5.69 Å². The van der Waals surface area contributed by atoms with Gasteiger partial charge in [0.05, 0.1) is 11.3 Å². The van der Waals surface area contributed by atoms with Gasteiger partial charge < -0.3 is 15.2 Å². The zero-order chi connectivity index (χ0) is 20.1. The number of nitrogens with two attached hydrogens (primary N) is 1. The fraction of sp³-hybridized carbons (Fsp3) is 0.350. The molecule has 1 saturated carbocycles. The van der Waals surface area contributed by atoms with E-state index in [1.165, 1.54) is 25.3 Å². The van der Waals surface area contributed by atoms with Crippen molar-refractivity contribution in [2.24, 2.45) is 11.1 Å². The normalized spacial score (nSPS) is 15.2. The van der Waals surface area contributed by atoms with Crippen LogP contribution in [0.1, 0.15) is 42.5 Å². The first-order chi connectivity index (χ1) is 13.3. The Bertz CT molecular complexity index is 939. The molecule has 4 N–H and O–H groups in total. The van der Waals surface area contributed by atoms with Gasteiger partial charge in [-0.05, 0) is 37.0 Å². The molecule has 8 heteroatoms. The molecule has 1 fully saturated rings. The second-order valence-electron chi connectivity index (χ2n) is 6.99. The molecule has 0 heterocycles. The summed E-state index contributed by atoms with van der Waals surface area (Å²) in [5.74, 6) is -0.354. The molecule has 1 aliphatic rings. The molecule has 0 saturated heterocycles. The summed E-state index contributed by atoms with van der Waals surface area (Å²) in [6.07, 6.45) is 5.76. The number of para-hydroxylation sites is 1. The van der Waals surface area contributed by atoms with Gasteiger partial charge in [0.25, 0.3) is 0 Å². The Labute approximate surface area is 164 Å². The first-order valence-electron chi connectivity index (χ1n) is 9.25. The van der Waals surface area contributed by atoms with E-state index in [0.717, 1.165) is 18.9 Å². The van der Waals surface area contributed by atoms with Gasteiger partial charge in [-0.1, -0.05) is 37.5 Å². The number of aromatic carboxylic acids is 1. The number of rotatable bonds is 7. The molecule has 1 aliphatic carbocycles. The highest BCUT2D eigenvalue weighted by atomic mass is 32.2. The first kappa shape index (κ1) is 20.2. The second-order valence-corrected chi connectivity index (χ2v) is 8.52. The van der Waals surface area contributed by atoms with E-state index in [0.29, 0.717) is 23.9 Å². The van der Waals surface area contributed by atoms with Crippen LogP contribution in [0.15, 0.2) is 47.4 Å². The minimum atomic E-state index is -4.18. The lowest BCUT2D eigenvalue weighted by molar-refractivity contribution is 0.0697. The topological polar surface area (TPSA) is 119 Å². The summed E-state index contributed by atoms with van der Waals surface area (Å²) in [5.41, 5.74) is 0.164. The van der Waals surface area contributed by atoms with E-state index in [-0.39, 0.29) is 16.2 Å². The molecule has 0 amide bonds. The van der Waals surface area contributed by atoms with E-state index >= 15 is 0 Å². The molecule has 7 nitrogen and oxygen atoms in total. The fourth-order valence-corrected chi connectivity index (χ4v) is 4.11. The molecule has 2 aromatic rings. The van der Waals surface area contributed by atoms with E-state index < -0.39 is 16.0 Å². The first-order valence-corrected chi connectivity index (χ1v) is 10.8. The maximum absolute atomic E-state index is 12.0. The van der Waals surface area contributed by atoms with Crippen LogP contribution in [0.5, 0.6) is 11.5 Å². The lowest BCUT2D eigenvalue weighted by Crippen LogP contribution is -2.19. The Hall–Kier alpha value is -2.58. The Morgan fingerprint density at radius 3 is 2.43 bits per heavy atom. The van der Waals surface area contributed by atoms with Crippen LogP contribution >= 0.6 is 0 Å². The second kappa shape index (κ2) is 8.62. The van der Waals surface area contributed by atoms with Crippen molar-refractivity contribution in [2.75, 3.05) is 11.9 Å². The molecule has 0 aliphatic heterocycles. The molecular weight excluding hydrogens is 380 g/mol. The zero-order valence-electron chi connectivity index (χ0n) is 15.4. The van der Waals surface area contributed by atoms with Crippen LogP contribution in [0.3, 0.4) is 0 Å². The third-order valence-electron chi connectivity index (χ3n) is 4.90. The number of nitrogens with one attached hydrogen (secondary N) is 1. The summed E-state index contributed by atoms with van der Waals surface area (Å²) in [5, 5.41) is 18.0. The number of carboxylic acid groups (broad SMARTS) is 1. The van der Waals surface area contributed by atoms with Gasteiger partial charge in [-0.25, -0.2) is 18.4 Å². The smallest absolute Gasteiger partial charge is 0.337 e. The zero-order valence-corrected chi connectivity index (χ0v) is 16.2. The van der Waals surface area contributed by atoms with Crippen molar-refractivity contribution in [3.8, 4) is 11.5 Å². The third-order valence-corrected chi connectivity index (χ3v) is 5.83. The number of carbonyl (C=O) groups is 1. The fourth-order valence-electron chi connectivity index (χ4n) is 3.45. The Balaban J connectivity index is 1.97. The van der Waals surface area contributed by atoms with Crippen LogP contribution in [0, 0.1) is 5.92 Å². The number of hydrogen-bond acceptors (Lipinski definition) is 5. The van der Waals surface area contributed by atoms with Crippen LogP contribution in [-0.4, -0.2) is 26.0 Å². The summed E-state index contributed by atoms with van der Waals surface area (Å²) in [7, 11) is -4.18. The summed E-state index contributed by atoms with van der Waals surface area (Å²) in [6.45, 7) is 0.625. The van der Waals surface area contributed by atoms with Crippen molar-refractivity contribution in [3.05, 3.63) is 48.0 Å². The van der Waals surface area contributed by atoms with Crippen LogP contribution in [-0.2, 0) is 10.0 Å². The molecule has 0 aromatic heterocycles. The van der Waals surface area contributed by atoms with Crippen molar-refractivity contribution < 1.29 is 23.1 Å². The van der Waals surface area contributed by atoms with Gasteiger partial charge in [-0.15, -0.1) is 0 Å². The highest BCUT2D eigenvalue weighted by Crippen LogP contribution is 2.34. The van der Waals surface area contributed by atoms with Crippen molar-refractivity contribution in [2.45, 2.75) is 37.0 Å². The molecule has 0 bridgehead atoms. The maximum atomic E-state index is 12.0. The summed E-state index contributed by atoms with van der Waals surface area (Å²) in [6, 6.07) is 11.1. The molecular formula is C20H24N2O5S. The van der Waals surface area contributed by atoms with E-state index in [9.17, 15) is 18.3 Å². The SMILES string of the molecule is NS(=O)(=O)c1cc(C(=O)O)c(NCC2CCCCC2)cc1Oc1ccccc1. The number of ether oxygens (including phenoxy) is 1. The van der Waals surface area contributed by atoms with Crippen LogP contribution in [0.25, 0.3) is 0 Å². The van der Waals surface area contributed by atoms with Crippen LogP contribution < -0.4 is 15.2 Å². The predicted molar refractivity (Wildman–Crippen MR) is 106 cm³/mol. The van der Waals surface area contributed by atoms with Crippen molar-refractivity contribution in [1.29, 1.82) is 0 Å². The number of anilines is 1. The van der Waals surface area contributed by atoms with Gasteiger partial charge in [-0.3, -0.25) is 0 Å². The average molecular weight is 404 g/mol. The number of primary sulfonamides is 1. The van der Waals surface area contributed by atoms with Gasteiger partial charge in [0, 0.05) is 12.6 Å². The van der Waals surface area contributed by atoms with E-state index in [2.05, 4.69) is 5.32 Å². The lowest BCUT2D eigenvalue weighted by Gasteiger charge is -2.23. The minimum Gasteiger partial charge on any atom is -0.478 e. The molecule has 0 atom stereocenters. The molecule has 0 radical (unpaired) electrons. The van der Waals surface area contributed by atoms with Crippen LogP contribution in [0.2, 0.25) is 0 Å². The van der Waals surface area contributed by atoms with E-state index in [1.54, 1.807) is 30.3 Å². The number of sulfonamides is 1. The summed E-state index contributed by atoms with van der Waals surface area (Å²) < 4.78 is 29.8. The van der Waals surface area contributed by atoms with Gasteiger partial charge in [0.1, 0.15) is 16.4 Å². The standard InChI is InChI=1S/C20H24N2O5S/c21-28(25,26)19-11-16(20(23)24)17(22-13-14-7-3-1-4-8-14)12-18(19)27-15-9-5-2-6-10-15/h2,5-6,9-12,14,22H,1,3-4,7-8,13H2,(H,23,24)(H2,21,25,26). The van der Waals surface area contributed by atoms with E-state index in [1.807, 2.05) is 0 Å². The highest BCUT2D eigenvalue weighted by molar-refractivity contribution is 7.89. The quantitative estimate of drug-likeness (QED) is 0.645. The monoisotopic (exact) mass is 404 g/mol. The Morgan fingerprint density at radius 1 is 1.14 bits per heavy atom. The van der Waals surface area contributed by atoms with Gasteiger partial charge in [0.15, 0.2) is 0 Å². The number of benzene rings is 2. The van der Waals surface area contributed by atoms with Gasteiger partial charge in [-0.2, -0.15) is 0 Å². The molecule has 0 unspecified atom stereocenters. The van der Waals surface area contributed by atoms with E-state index in [4.69, 9.17) is 9.88 Å². The predicted octanol–water partition coefficient (Wildman–Crippen LogP) is 3.82. The Morgan fingerprint density at radius 2 is 1.82 bits per heavy atom.